The lowest BCUT2D eigenvalue weighted by Gasteiger charge is -2.37. The Balaban J connectivity index is 1.34. The molecule has 3 amide bonds. The van der Waals surface area contributed by atoms with E-state index in [0.29, 0.717) is 36.9 Å². The van der Waals surface area contributed by atoms with Gasteiger partial charge in [0.1, 0.15) is 23.9 Å². The molecule has 2 aromatic heterocycles. The summed E-state index contributed by atoms with van der Waals surface area (Å²) >= 11 is 0. The standard InChI is InChI=1S/C48H60N6O9/c1-9-53-38-15-14-30-24-34(38)35(43(53)33-12-10-18-49-41(33)28(4)61-8)25-48(5,6)26-62-47(60)36-13-11-19-54(51-36)45(58)37(22-29-20-31(30)23-32(55)21-29)50-44(57)42(27(2)3)52(7)46(59)39-16-17-40(56)63-39/h10,12,14-15,18,20-21,23-24,27-28,36-37,39,42,51,55H,9,11,13,16-17,19,22,25-26H2,1-8H3,(H,50,57)/t28-,36-,37-,39+,42-/m0/s1. The number of aromatic nitrogens is 2. The third kappa shape index (κ3) is 9.45. The van der Waals surface area contributed by atoms with Gasteiger partial charge in [0.2, 0.25) is 5.91 Å². The molecule has 2 saturated heterocycles. The van der Waals surface area contributed by atoms with Crippen molar-refractivity contribution in [3.63, 3.8) is 0 Å². The van der Waals surface area contributed by atoms with Gasteiger partial charge in [0.25, 0.3) is 11.8 Å². The normalized spacial score (nSPS) is 21.4. The molecule has 2 fully saturated rings. The monoisotopic (exact) mass is 864 g/mol. The lowest BCUT2D eigenvalue weighted by molar-refractivity contribution is -0.157. The minimum atomic E-state index is -1.18. The Morgan fingerprint density at radius 3 is 2.56 bits per heavy atom. The number of nitrogens with one attached hydrogen (secondary N) is 2. The van der Waals surface area contributed by atoms with Crippen molar-refractivity contribution in [2.75, 3.05) is 27.3 Å². The first-order valence-electron chi connectivity index (χ1n) is 22.0. The summed E-state index contributed by atoms with van der Waals surface area (Å²) in [4.78, 5) is 74.2. The van der Waals surface area contributed by atoms with E-state index in [2.05, 4.69) is 54.3 Å². The van der Waals surface area contributed by atoms with E-state index in [4.69, 9.17) is 19.2 Å². The van der Waals surface area contributed by atoms with Gasteiger partial charge < -0.3 is 34.1 Å². The van der Waals surface area contributed by atoms with Crippen LogP contribution in [-0.2, 0) is 57.6 Å². The smallest absolute Gasteiger partial charge is 0.324 e. The van der Waals surface area contributed by atoms with Gasteiger partial charge in [-0.25, -0.2) is 5.43 Å². The molecule has 3 aliphatic heterocycles. The number of fused-ring (bicyclic) bond motifs is 6. The number of amides is 3. The molecule has 5 heterocycles. The number of methoxy groups -OCH3 is 1. The topological polar surface area (TPSA) is 182 Å². The molecule has 0 radical (unpaired) electrons. The van der Waals surface area contributed by atoms with Crippen molar-refractivity contribution in [3.8, 4) is 28.1 Å². The Hall–Kier alpha value is -5.80. The summed E-state index contributed by atoms with van der Waals surface area (Å²) < 4.78 is 19.4. The van der Waals surface area contributed by atoms with Crippen LogP contribution in [0.4, 0.5) is 0 Å². The molecule has 7 rings (SSSR count). The Kier molecular flexibility index (Phi) is 13.3. The number of phenols is 1. The van der Waals surface area contributed by atoms with Crippen LogP contribution >= 0.6 is 0 Å². The Labute approximate surface area is 368 Å². The summed E-state index contributed by atoms with van der Waals surface area (Å²) in [6, 6.07) is 12.3. The summed E-state index contributed by atoms with van der Waals surface area (Å²) in [6.07, 6.45) is 2.27. The number of carbonyl (C=O) groups is 5. The van der Waals surface area contributed by atoms with Gasteiger partial charge in [0, 0.05) is 74.6 Å². The quantitative estimate of drug-likeness (QED) is 0.177. The number of cyclic esters (lactones) is 2. The maximum atomic E-state index is 14.6. The fourth-order valence-corrected chi connectivity index (χ4v) is 9.31. The molecule has 2 aromatic carbocycles. The molecule has 0 saturated carbocycles. The molecule has 15 nitrogen and oxygen atoms in total. The Morgan fingerprint density at radius 2 is 1.86 bits per heavy atom. The molecule has 15 heteroatoms. The SMILES string of the molecule is CCn1c(-c2cccnc2[C@H](C)OC)c2c3cc(ccc31)-c1cc(O)cc(c1)C[C@H](NC(=O)[C@H](C(C)C)N(C)C(=O)[C@H]1CCC(=O)O1)C(=O)N1CCC[C@H](N1)C(=O)OCC(C)(C)C2. The van der Waals surface area contributed by atoms with Crippen molar-refractivity contribution >= 4 is 40.6 Å². The number of carbonyl (C=O) groups excluding carboxylic acids is 5. The lowest BCUT2D eigenvalue weighted by atomic mass is 9.84. The number of pyridine rings is 1. The van der Waals surface area contributed by atoms with Gasteiger partial charge in [-0.1, -0.05) is 39.8 Å². The zero-order valence-electron chi connectivity index (χ0n) is 37.5. The molecule has 0 unspecified atom stereocenters. The molecule has 3 aliphatic rings. The van der Waals surface area contributed by atoms with Crippen LogP contribution in [0.15, 0.2) is 54.7 Å². The highest BCUT2D eigenvalue weighted by atomic mass is 16.6. The Morgan fingerprint density at radius 1 is 1.08 bits per heavy atom. The van der Waals surface area contributed by atoms with Gasteiger partial charge in [-0.3, -0.25) is 34.0 Å². The number of rotatable bonds is 9. The third-order valence-electron chi connectivity index (χ3n) is 12.5. The van der Waals surface area contributed by atoms with Crippen molar-refractivity contribution in [1.29, 1.82) is 0 Å². The number of aromatic hydroxyl groups is 1. The summed E-state index contributed by atoms with van der Waals surface area (Å²) in [5.41, 5.74) is 9.45. The molecular weight excluding hydrogens is 805 g/mol. The van der Waals surface area contributed by atoms with E-state index in [1.54, 1.807) is 39.3 Å². The maximum absolute atomic E-state index is 14.6. The zero-order chi connectivity index (χ0) is 45.3. The fraction of sp³-hybridized carbons (Fsp3) is 0.500. The van der Waals surface area contributed by atoms with Crippen LogP contribution in [0.1, 0.15) is 90.2 Å². The first-order valence-corrected chi connectivity index (χ1v) is 22.0. The van der Waals surface area contributed by atoms with Crippen LogP contribution in [0.25, 0.3) is 33.3 Å². The molecule has 3 N–H and O–H groups in total. The molecule has 0 aliphatic carbocycles. The van der Waals surface area contributed by atoms with Crippen molar-refractivity contribution in [2.24, 2.45) is 11.3 Å². The minimum Gasteiger partial charge on any atom is -0.508 e. The van der Waals surface area contributed by atoms with Crippen LogP contribution in [-0.4, -0.2) is 106 Å². The fourth-order valence-electron chi connectivity index (χ4n) is 9.31. The number of hydrogen-bond donors (Lipinski definition) is 3. The lowest BCUT2D eigenvalue weighted by Crippen LogP contribution is -2.62. The number of hydrazine groups is 1. The molecular formula is C48H60N6O9. The highest BCUT2D eigenvalue weighted by Gasteiger charge is 2.40. The summed E-state index contributed by atoms with van der Waals surface area (Å²) in [6.45, 7) is 12.8. The van der Waals surface area contributed by atoms with E-state index in [-0.39, 0.29) is 50.2 Å². The van der Waals surface area contributed by atoms with Gasteiger partial charge in [-0.15, -0.1) is 0 Å². The average molecular weight is 865 g/mol. The number of benzene rings is 2. The maximum Gasteiger partial charge on any atom is 0.324 e. The molecule has 6 bridgehead atoms. The highest BCUT2D eigenvalue weighted by molar-refractivity contribution is 5.96. The third-order valence-corrected chi connectivity index (χ3v) is 12.5. The van der Waals surface area contributed by atoms with Crippen molar-refractivity contribution in [1.82, 2.24) is 30.2 Å². The number of nitrogens with zero attached hydrogens (tertiary/aromatic N) is 4. The van der Waals surface area contributed by atoms with Gasteiger partial charge >= 0.3 is 11.9 Å². The summed E-state index contributed by atoms with van der Waals surface area (Å²) in [5.74, 6) is -2.94. The minimum absolute atomic E-state index is 0.0216. The van der Waals surface area contributed by atoms with Gasteiger partial charge in [-0.05, 0) is 97.7 Å². The Bertz CT molecular complexity index is 2410. The van der Waals surface area contributed by atoms with E-state index in [1.807, 2.05) is 25.1 Å². The first kappa shape index (κ1) is 45.2. The highest BCUT2D eigenvalue weighted by Crippen LogP contribution is 2.42. The molecule has 4 aromatic rings. The first-order chi connectivity index (χ1) is 30.0. The van der Waals surface area contributed by atoms with E-state index in [0.717, 1.165) is 39.0 Å². The number of ether oxygens (including phenoxy) is 3. The summed E-state index contributed by atoms with van der Waals surface area (Å²) in [7, 11) is 3.16. The van der Waals surface area contributed by atoms with Crippen LogP contribution in [0.5, 0.6) is 5.75 Å². The average Bonchev–Trinajstić information content (AvgIpc) is 3.83. The van der Waals surface area contributed by atoms with Crippen molar-refractivity contribution < 1.29 is 43.3 Å². The van der Waals surface area contributed by atoms with Gasteiger partial charge in [0.05, 0.1) is 24.1 Å². The number of phenolic OH excluding ortho intramolecular Hbond substituents is 1. The summed E-state index contributed by atoms with van der Waals surface area (Å²) in [5, 5.41) is 16.6. The predicted octanol–water partition coefficient (Wildman–Crippen LogP) is 5.64. The second kappa shape index (κ2) is 18.5. The van der Waals surface area contributed by atoms with Crippen LogP contribution in [0, 0.1) is 11.3 Å². The van der Waals surface area contributed by atoms with Crippen molar-refractivity contribution in [3.05, 3.63) is 71.5 Å². The number of esters is 2. The predicted molar refractivity (Wildman–Crippen MR) is 236 cm³/mol. The number of aryl methyl sites for hydroxylation is 1. The largest absolute Gasteiger partial charge is 0.508 e. The second-order valence-corrected chi connectivity index (χ2v) is 18.2. The molecule has 0 spiro atoms. The molecule has 336 valence electrons. The number of hydrogen-bond acceptors (Lipinski definition) is 11. The zero-order valence-corrected chi connectivity index (χ0v) is 37.5. The van der Waals surface area contributed by atoms with E-state index in [1.165, 1.54) is 17.0 Å². The van der Waals surface area contributed by atoms with Crippen LogP contribution in [0.2, 0.25) is 0 Å². The van der Waals surface area contributed by atoms with Gasteiger partial charge in [0.15, 0.2) is 6.10 Å². The molecule has 63 heavy (non-hydrogen) atoms. The van der Waals surface area contributed by atoms with Crippen LogP contribution < -0.4 is 10.7 Å². The molecule has 5 atom stereocenters. The van der Waals surface area contributed by atoms with E-state index in [9.17, 15) is 29.1 Å². The van der Waals surface area contributed by atoms with Crippen molar-refractivity contribution in [2.45, 2.75) is 117 Å². The van der Waals surface area contributed by atoms with Crippen LogP contribution in [0.3, 0.4) is 0 Å². The van der Waals surface area contributed by atoms with Gasteiger partial charge in [-0.2, -0.15) is 0 Å². The van der Waals surface area contributed by atoms with E-state index < -0.39 is 59.3 Å². The second-order valence-electron chi connectivity index (χ2n) is 18.2. The van der Waals surface area contributed by atoms with E-state index >= 15 is 0 Å². The number of likely N-dealkylation sites (N-methyl/N-ethyl adjacent to an activating group) is 1.